The van der Waals surface area contributed by atoms with Crippen LogP contribution >= 0.6 is 15.9 Å². The molecular weight excluding hydrogens is 345 g/mol. The van der Waals surface area contributed by atoms with Crippen molar-refractivity contribution in [3.8, 4) is 6.07 Å². The van der Waals surface area contributed by atoms with Gasteiger partial charge in [0.25, 0.3) is 0 Å². The first kappa shape index (κ1) is 15.4. The predicted octanol–water partition coefficient (Wildman–Crippen LogP) is 4.95. The zero-order chi connectivity index (χ0) is 15.5. The fourth-order valence-corrected chi connectivity index (χ4v) is 2.07. The summed E-state index contributed by atoms with van der Waals surface area (Å²) in [4.78, 5) is 0. The molecule has 0 atom stereocenters. The highest BCUT2D eigenvalue weighted by atomic mass is 79.9. The summed E-state index contributed by atoms with van der Waals surface area (Å²) in [5.41, 5.74) is -0.0321. The molecule has 108 valence electrons. The molecule has 2 aromatic carbocycles. The third kappa shape index (κ3) is 3.99. The fourth-order valence-electron chi connectivity index (χ4n) is 1.80. The van der Waals surface area contributed by atoms with E-state index in [2.05, 4.69) is 21.2 Å². The van der Waals surface area contributed by atoms with E-state index in [4.69, 9.17) is 5.26 Å². The number of anilines is 1. The average Bonchev–Trinajstić information content (AvgIpc) is 2.45. The number of hydrogen-bond acceptors (Lipinski definition) is 2. The van der Waals surface area contributed by atoms with Gasteiger partial charge in [-0.15, -0.1) is 0 Å². The molecule has 21 heavy (non-hydrogen) atoms. The smallest absolute Gasteiger partial charge is 0.380 e. The van der Waals surface area contributed by atoms with Crippen LogP contribution in [0.5, 0.6) is 0 Å². The largest absolute Gasteiger partial charge is 0.418 e. The molecule has 2 aromatic rings. The van der Waals surface area contributed by atoms with Crippen molar-refractivity contribution in [1.29, 1.82) is 5.26 Å². The van der Waals surface area contributed by atoms with Crippen LogP contribution in [0.3, 0.4) is 0 Å². The minimum atomic E-state index is -4.51. The second-order valence-corrected chi connectivity index (χ2v) is 5.27. The van der Waals surface area contributed by atoms with Gasteiger partial charge in [0.1, 0.15) is 0 Å². The molecule has 0 bridgehead atoms. The van der Waals surface area contributed by atoms with Gasteiger partial charge in [-0.05, 0) is 35.9 Å². The van der Waals surface area contributed by atoms with Gasteiger partial charge in [0.2, 0.25) is 0 Å². The maximum absolute atomic E-state index is 13.0. The fraction of sp³-hybridized carbons (Fsp3) is 0.133. The van der Waals surface area contributed by atoms with Crippen LogP contribution in [-0.2, 0) is 12.7 Å². The molecule has 0 aromatic heterocycles. The summed E-state index contributed by atoms with van der Waals surface area (Å²) in [5, 5.41) is 11.5. The van der Waals surface area contributed by atoms with Crippen molar-refractivity contribution in [1.82, 2.24) is 0 Å². The summed E-state index contributed by atoms with van der Waals surface area (Å²) >= 11 is 3.30. The maximum Gasteiger partial charge on any atom is 0.418 e. The molecule has 0 radical (unpaired) electrons. The highest BCUT2D eigenvalue weighted by Crippen LogP contribution is 2.35. The summed E-state index contributed by atoms with van der Waals surface area (Å²) in [7, 11) is 0. The van der Waals surface area contributed by atoms with Crippen molar-refractivity contribution < 1.29 is 13.2 Å². The number of benzene rings is 2. The highest BCUT2D eigenvalue weighted by molar-refractivity contribution is 9.10. The Morgan fingerprint density at radius 2 is 1.76 bits per heavy atom. The van der Waals surface area contributed by atoms with Crippen LogP contribution < -0.4 is 5.32 Å². The summed E-state index contributed by atoms with van der Waals surface area (Å²) in [5.74, 6) is 0. The van der Waals surface area contributed by atoms with Gasteiger partial charge in [-0.2, -0.15) is 18.4 Å². The maximum atomic E-state index is 13.0. The van der Waals surface area contributed by atoms with Crippen LogP contribution in [0.1, 0.15) is 16.7 Å². The molecule has 2 rings (SSSR count). The Hall–Kier alpha value is -2.00. The lowest BCUT2D eigenvalue weighted by atomic mass is 10.1. The van der Waals surface area contributed by atoms with E-state index in [1.165, 1.54) is 12.1 Å². The monoisotopic (exact) mass is 354 g/mol. The van der Waals surface area contributed by atoms with Crippen LogP contribution in [0.25, 0.3) is 0 Å². The molecule has 0 saturated carbocycles. The van der Waals surface area contributed by atoms with Crippen LogP contribution in [0.2, 0.25) is 0 Å². The third-order valence-corrected chi connectivity index (χ3v) is 3.38. The van der Waals surface area contributed by atoms with Crippen molar-refractivity contribution >= 4 is 21.6 Å². The van der Waals surface area contributed by atoms with E-state index in [-0.39, 0.29) is 17.8 Å². The Morgan fingerprint density at radius 3 is 2.33 bits per heavy atom. The molecule has 0 heterocycles. The molecule has 0 saturated heterocycles. The highest BCUT2D eigenvalue weighted by Gasteiger charge is 2.33. The lowest BCUT2D eigenvalue weighted by Crippen LogP contribution is -2.11. The first-order valence-electron chi connectivity index (χ1n) is 6.00. The molecule has 0 spiro atoms. The van der Waals surface area contributed by atoms with Gasteiger partial charge in [-0.1, -0.05) is 28.1 Å². The van der Waals surface area contributed by atoms with Crippen LogP contribution in [-0.4, -0.2) is 0 Å². The topological polar surface area (TPSA) is 35.8 Å². The first-order chi connectivity index (χ1) is 9.90. The second-order valence-electron chi connectivity index (χ2n) is 4.35. The van der Waals surface area contributed by atoms with E-state index in [9.17, 15) is 13.2 Å². The van der Waals surface area contributed by atoms with E-state index >= 15 is 0 Å². The number of nitriles is 1. The van der Waals surface area contributed by atoms with Gasteiger partial charge >= 0.3 is 6.18 Å². The molecule has 0 unspecified atom stereocenters. The summed E-state index contributed by atoms with van der Waals surface area (Å²) in [6, 6.07) is 12.5. The van der Waals surface area contributed by atoms with Gasteiger partial charge < -0.3 is 5.32 Å². The van der Waals surface area contributed by atoms with Crippen molar-refractivity contribution in [2.45, 2.75) is 12.7 Å². The molecular formula is C15H10BrF3N2. The Kier molecular flexibility index (Phi) is 4.53. The van der Waals surface area contributed by atoms with Crippen LogP contribution in [0.15, 0.2) is 46.9 Å². The van der Waals surface area contributed by atoms with Crippen LogP contribution in [0.4, 0.5) is 18.9 Å². The average molecular weight is 355 g/mol. The second kappa shape index (κ2) is 6.19. The van der Waals surface area contributed by atoms with Gasteiger partial charge in [0.05, 0.1) is 17.2 Å². The number of rotatable bonds is 3. The Labute approximate surface area is 128 Å². The van der Waals surface area contributed by atoms with Crippen molar-refractivity contribution in [3.63, 3.8) is 0 Å². The summed E-state index contributed by atoms with van der Waals surface area (Å²) in [6.45, 7) is 0.266. The van der Waals surface area contributed by atoms with E-state index in [0.29, 0.717) is 0 Å². The Bertz CT molecular complexity index is 673. The van der Waals surface area contributed by atoms with E-state index in [1.807, 2.05) is 24.3 Å². The normalized spacial score (nSPS) is 11.0. The van der Waals surface area contributed by atoms with Crippen molar-refractivity contribution in [3.05, 3.63) is 63.6 Å². The molecule has 0 aliphatic carbocycles. The van der Waals surface area contributed by atoms with Crippen molar-refractivity contribution in [2.24, 2.45) is 0 Å². The number of hydrogen-bond donors (Lipinski definition) is 1. The van der Waals surface area contributed by atoms with Gasteiger partial charge in [0.15, 0.2) is 0 Å². The molecule has 6 heteroatoms. The zero-order valence-corrected chi connectivity index (χ0v) is 12.3. The zero-order valence-electron chi connectivity index (χ0n) is 10.7. The minimum Gasteiger partial charge on any atom is -0.380 e. The lowest BCUT2D eigenvalue weighted by molar-refractivity contribution is -0.137. The number of halogens is 4. The molecule has 2 nitrogen and oxygen atoms in total. The Balaban J connectivity index is 2.23. The van der Waals surface area contributed by atoms with Gasteiger partial charge in [-0.25, -0.2) is 0 Å². The third-order valence-electron chi connectivity index (χ3n) is 2.85. The number of nitrogens with zero attached hydrogens (tertiary/aromatic N) is 1. The number of alkyl halides is 3. The first-order valence-corrected chi connectivity index (χ1v) is 6.79. The van der Waals surface area contributed by atoms with E-state index < -0.39 is 11.7 Å². The molecule has 0 fully saturated rings. The standard InChI is InChI=1S/C15H10BrF3N2/c16-12-4-1-10(2-5-12)9-21-14-6-3-11(8-20)7-13(14)15(17,18)19/h1-7,21H,9H2. The van der Waals surface area contributed by atoms with Gasteiger partial charge in [-0.3, -0.25) is 0 Å². The minimum absolute atomic E-state index is 0.0171. The number of nitrogens with one attached hydrogen (secondary N) is 1. The molecule has 1 N–H and O–H groups in total. The summed E-state index contributed by atoms with van der Waals surface area (Å²) in [6.07, 6.45) is -4.51. The quantitative estimate of drug-likeness (QED) is 0.846. The lowest BCUT2D eigenvalue weighted by Gasteiger charge is -2.15. The molecule has 0 aliphatic rings. The SMILES string of the molecule is N#Cc1ccc(NCc2ccc(Br)cc2)c(C(F)(F)F)c1. The molecule has 0 aliphatic heterocycles. The van der Waals surface area contributed by atoms with E-state index in [0.717, 1.165) is 16.1 Å². The summed E-state index contributed by atoms with van der Waals surface area (Å²) < 4.78 is 39.9. The predicted molar refractivity (Wildman–Crippen MR) is 77.6 cm³/mol. The van der Waals surface area contributed by atoms with Crippen molar-refractivity contribution in [2.75, 3.05) is 5.32 Å². The molecule has 0 amide bonds. The Morgan fingerprint density at radius 1 is 1.10 bits per heavy atom. The van der Waals surface area contributed by atoms with Crippen LogP contribution in [0, 0.1) is 11.3 Å². The van der Waals surface area contributed by atoms with Gasteiger partial charge in [0, 0.05) is 16.7 Å². The van der Waals surface area contributed by atoms with E-state index in [1.54, 1.807) is 6.07 Å².